The van der Waals surface area contributed by atoms with Gasteiger partial charge in [0, 0.05) is 25.7 Å². The topological polar surface area (TPSA) is 67.6 Å². The maximum Gasteiger partial charge on any atom is 0.317 e. The molecule has 1 aliphatic rings. The van der Waals surface area contributed by atoms with Crippen LogP contribution >= 0.6 is 0 Å². The molecule has 0 aromatic heterocycles. The van der Waals surface area contributed by atoms with Crippen molar-refractivity contribution in [2.45, 2.75) is 6.54 Å². The Kier molecular flexibility index (Phi) is 3.99. The monoisotopic (exact) mass is 253 g/mol. The molecule has 0 aliphatic carbocycles. The fraction of sp³-hybridized carbons (Fsp3) is 0.417. The molecule has 6 heteroatoms. The Morgan fingerprint density at radius 3 is 2.94 bits per heavy atom. The van der Waals surface area contributed by atoms with E-state index in [4.69, 9.17) is 10.5 Å². The average molecular weight is 253 g/mol. The lowest BCUT2D eigenvalue weighted by Gasteiger charge is -2.14. The van der Waals surface area contributed by atoms with Gasteiger partial charge in [-0.3, -0.25) is 0 Å². The zero-order chi connectivity index (χ0) is 13.0. The van der Waals surface area contributed by atoms with Crippen LogP contribution in [0.1, 0.15) is 5.56 Å². The molecule has 0 atom stereocenters. The molecule has 3 N–H and O–H groups in total. The van der Waals surface area contributed by atoms with Gasteiger partial charge in [0.25, 0.3) is 0 Å². The van der Waals surface area contributed by atoms with Gasteiger partial charge in [-0.05, 0) is 17.7 Å². The Bertz CT molecular complexity index is 439. The number of ether oxygens (including phenoxy) is 1. The molecular weight excluding hydrogens is 237 g/mol. The van der Waals surface area contributed by atoms with Gasteiger partial charge in [-0.1, -0.05) is 0 Å². The highest BCUT2D eigenvalue weighted by molar-refractivity contribution is 5.76. The highest BCUT2D eigenvalue weighted by Gasteiger charge is 2.18. The molecule has 2 rings (SSSR count). The quantitative estimate of drug-likeness (QED) is 0.811. The number of carbonyl (C=O) groups excluding carboxylic acids is 1. The van der Waals surface area contributed by atoms with E-state index in [0.717, 1.165) is 0 Å². The number of carbonyl (C=O) groups is 1. The Balaban J connectivity index is 1.86. The highest BCUT2D eigenvalue weighted by Crippen LogP contribution is 2.16. The van der Waals surface area contributed by atoms with Gasteiger partial charge >= 0.3 is 6.03 Å². The van der Waals surface area contributed by atoms with Gasteiger partial charge in [-0.25, -0.2) is 9.18 Å². The molecule has 0 unspecified atom stereocenters. The lowest BCUT2D eigenvalue weighted by Crippen LogP contribution is -2.31. The van der Waals surface area contributed by atoms with Crippen molar-refractivity contribution in [1.29, 1.82) is 0 Å². The van der Waals surface area contributed by atoms with Gasteiger partial charge in [-0.2, -0.15) is 0 Å². The third kappa shape index (κ3) is 3.10. The summed E-state index contributed by atoms with van der Waals surface area (Å²) in [6.07, 6.45) is 0. The predicted octanol–water partition coefficient (Wildman–Crippen LogP) is 0.688. The second-order valence-electron chi connectivity index (χ2n) is 4.07. The number of rotatable bonds is 5. The van der Waals surface area contributed by atoms with E-state index in [1.165, 1.54) is 12.1 Å². The summed E-state index contributed by atoms with van der Waals surface area (Å²) in [5.74, 6) is 0.0712. The maximum absolute atomic E-state index is 13.2. The standard InChI is InChI=1S/C12H16FN3O2/c13-10-5-9(8-14)6-11(7-10)18-4-3-16-2-1-15-12(16)17/h5-7H,1-4,8,14H2,(H,15,17). The van der Waals surface area contributed by atoms with Gasteiger partial charge in [-0.15, -0.1) is 0 Å². The summed E-state index contributed by atoms with van der Waals surface area (Å²) >= 11 is 0. The van der Waals surface area contributed by atoms with Gasteiger partial charge in [0.05, 0.1) is 6.54 Å². The van der Waals surface area contributed by atoms with Gasteiger partial charge in [0.15, 0.2) is 0 Å². The largest absolute Gasteiger partial charge is 0.492 e. The van der Waals surface area contributed by atoms with Crippen LogP contribution in [0.15, 0.2) is 18.2 Å². The summed E-state index contributed by atoms with van der Waals surface area (Å²) in [5.41, 5.74) is 6.13. The smallest absolute Gasteiger partial charge is 0.317 e. The first-order chi connectivity index (χ1) is 8.69. The Morgan fingerprint density at radius 1 is 1.44 bits per heavy atom. The number of hydrogen-bond acceptors (Lipinski definition) is 3. The Labute approximate surface area is 105 Å². The third-order valence-corrected chi connectivity index (χ3v) is 2.74. The van der Waals surface area contributed by atoms with E-state index < -0.39 is 0 Å². The van der Waals surface area contributed by atoms with Crippen LogP contribution in [0.2, 0.25) is 0 Å². The zero-order valence-corrected chi connectivity index (χ0v) is 9.99. The van der Waals surface area contributed by atoms with Gasteiger partial charge in [0.2, 0.25) is 0 Å². The van der Waals surface area contributed by atoms with Crippen LogP contribution < -0.4 is 15.8 Å². The predicted molar refractivity (Wildman–Crippen MR) is 64.8 cm³/mol. The van der Waals surface area contributed by atoms with Gasteiger partial charge < -0.3 is 20.7 Å². The fourth-order valence-electron chi connectivity index (χ4n) is 1.82. The number of nitrogens with one attached hydrogen (secondary N) is 1. The van der Waals surface area contributed by atoms with E-state index in [-0.39, 0.29) is 18.4 Å². The molecule has 5 nitrogen and oxygen atoms in total. The van der Waals surface area contributed by atoms with Crippen LogP contribution in [0, 0.1) is 5.82 Å². The minimum atomic E-state index is -0.369. The first kappa shape index (κ1) is 12.6. The first-order valence-electron chi connectivity index (χ1n) is 5.84. The molecule has 1 aromatic rings. The number of nitrogens with two attached hydrogens (primary N) is 1. The van der Waals surface area contributed by atoms with Crippen molar-refractivity contribution in [3.63, 3.8) is 0 Å². The number of halogens is 1. The summed E-state index contributed by atoms with van der Waals surface area (Å²) in [4.78, 5) is 12.9. The van der Waals surface area contributed by atoms with Crippen LogP contribution in [0.3, 0.4) is 0 Å². The number of nitrogens with zero attached hydrogens (tertiary/aromatic N) is 1. The van der Waals surface area contributed by atoms with Crippen molar-refractivity contribution >= 4 is 6.03 Å². The van der Waals surface area contributed by atoms with E-state index in [1.54, 1.807) is 11.0 Å². The maximum atomic E-state index is 13.2. The van der Waals surface area contributed by atoms with Crippen molar-refractivity contribution in [2.24, 2.45) is 5.73 Å². The molecule has 0 spiro atoms. The molecule has 18 heavy (non-hydrogen) atoms. The normalized spacial score (nSPS) is 14.8. The Morgan fingerprint density at radius 2 is 2.28 bits per heavy atom. The second-order valence-corrected chi connectivity index (χ2v) is 4.07. The summed E-state index contributed by atoms with van der Waals surface area (Å²) in [6.45, 7) is 2.43. The Hall–Kier alpha value is -1.82. The molecule has 0 radical (unpaired) electrons. The number of hydrogen-bond donors (Lipinski definition) is 2. The van der Waals surface area contributed by atoms with Crippen molar-refractivity contribution < 1.29 is 13.9 Å². The second kappa shape index (κ2) is 5.68. The summed E-state index contributed by atoms with van der Waals surface area (Å²) in [5, 5.41) is 2.70. The molecule has 1 aliphatic heterocycles. The van der Waals surface area contributed by atoms with E-state index in [2.05, 4.69) is 5.32 Å². The molecule has 1 saturated heterocycles. The van der Waals surface area contributed by atoms with Crippen molar-refractivity contribution in [3.8, 4) is 5.75 Å². The first-order valence-corrected chi connectivity index (χ1v) is 5.84. The lowest BCUT2D eigenvalue weighted by atomic mass is 10.2. The number of amides is 2. The van der Waals surface area contributed by atoms with Crippen LogP contribution in [-0.2, 0) is 6.54 Å². The molecule has 2 amide bonds. The minimum absolute atomic E-state index is 0.0829. The molecule has 0 saturated carbocycles. The lowest BCUT2D eigenvalue weighted by molar-refractivity contribution is 0.202. The van der Waals surface area contributed by atoms with Crippen LogP contribution in [0.4, 0.5) is 9.18 Å². The van der Waals surface area contributed by atoms with Crippen molar-refractivity contribution in [2.75, 3.05) is 26.2 Å². The molecule has 0 bridgehead atoms. The molecule has 1 heterocycles. The van der Waals surface area contributed by atoms with E-state index in [0.29, 0.717) is 37.6 Å². The summed E-state index contributed by atoms with van der Waals surface area (Å²) < 4.78 is 18.6. The van der Waals surface area contributed by atoms with E-state index in [9.17, 15) is 9.18 Å². The summed E-state index contributed by atoms with van der Waals surface area (Å²) in [7, 11) is 0. The fourth-order valence-corrected chi connectivity index (χ4v) is 1.82. The van der Waals surface area contributed by atoms with Crippen LogP contribution in [0.5, 0.6) is 5.75 Å². The number of benzene rings is 1. The molecule has 1 fully saturated rings. The highest BCUT2D eigenvalue weighted by atomic mass is 19.1. The van der Waals surface area contributed by atoms with Crippen molar-refractivity contribution in [1.82, 2.24) is 10.2 Å². The number of urea groups is 1. The van der Waals surface area contributed by atoms with Crippen LogP contribution in [0.25, 0.3) is 0 Å². The molecular formula is C12H16FN3O2. The van der Waals surface area contributed by atoms with Gasteiger partial charge in [0.1, 0.15) is 18.2 Å². The third-order valence-electron chi connectivity index (χ3n) is 2.74. The minimum Gasteiger partial charge on any atom is -0.492 e. The van der Waals surface area contributed by atoms with Crippen LogP contribution in [-0.4, -0.2) is 37.2 Å². The molecule has 98 valence electrons. The molecule has 1 aromatic carbocycles. The van der Waals surface area contributed by atoms with E-state index in [1.807, 2.05) is 0 Å². The summed E-state index contributed by atoms with van der Waals surface area (Å²) in [6, 6.07) is 4.30. The van der Waals surface area contributed by atoms with Crippen molar-refractivity contribution in [3.05, 3.63) is 29.6 Å². The van der Waals surface area contributed by atoms with E-state index >= 15 is 0 Å². The average Bonchev–Trinajstić information content (AvgIpc) is 2.74. The zero-order valence-electron chi connectivity index (χ0n) is 9.99. The SMILES string of the molecule is NCc1cc(F)cc(OCCN2CCNC2=O)c1.